The van der Waals surface area contributed by atoms with Gasteiger partial charge in [0, 0.05) is 4.88 Å². The smallest absolute Gasteiger partial charge is 0.370 e. The van der Waals surface area contributed by atoms with Crippen molar-refractivity contribution in [3.63, 3.8) is 0 Å². The molecule has 0 unspecified atom stereocenters. The molecule has 0 fully saturated rings. The molecule has 0 saturated heterocycles. The van der Waals surface area contributed by atoms with Gasteiger partial charge in [0.1, 0.15) is 11.4 Å². The molecule has 0 spiro atoms. The molecule has 0 aliphatic heterocycles. The first-order valence-electron chi connectivity index (χ1n) is 6.08. The van der Waals surface area contributed by atoms with Crippen LogP contribution in [0, 0.1) is 18.6 Å². The van der Waals surface area contributed by atoms with Gasteiger partial charge in [-0.2, -0.15) is 13.2 Å². The first kappa shape index (κ1) is 16.2. The zero-order chi connectivity index (χ0) is 15.8. The van der Waals surface area contributed by atoms with E-state index < -0.39 is 12.8 Å². The third-order valence-electron chi connectivity index (χ3n) is 3.03. The number of fused-ring (bicyclic) bond motifs is 1. The minimum atomic E-state index is -4.38. The van der Waals surface area contributed by atoms with Gasteiger partial charge in [-0.25, -0.2) is 0 Å². The number of aromatic nitrogens is 2. The van der Waals surface area contributed by atoms with Crippen molar-refractivity contribution in [2.75, 3.05) is 13.2 Å². The molecule has 116 valence electrons. The number of ether oxygens (including phenoxy) is 1. The van der Waals surface area contributed by atoms with Crippen LogP contribution >= 0.6 is 23.6 Å². The van der Waals surface area contributed by atoms with E-state index in [9.17, 15) is 18.0 Å². The van der Waals surface area contributed by atoms with Crippen LogP contribution < -0.4 is 5.56 Å². The fraction of sp³-hybridized carbons (Fsp3) is 0.500. The molecule has 1 N–H and O–H groups in total. The first-order valence-corrected chi connectivity index (χ1v) is 7.30. The number of hydrogen-bond donors (Lipinski definition) is 1. The minimum absolute atomic E-state index is 0.0193. The fourth-order valence-corrected chi connectivity index (χ4v) is 3.30. The second-order valence-electron chi connectivity index (χ2n) is 4.54. The highest BCUT2D eigenvalue weighted by Gasteiger charge is 2.27. The molecule has 0 saturated carbocycles. The lowest BCUT2D eigenvalue weighted by atomic mass is 10.2. The SMILES string of the molecule is Cc1sc2[nH]c(=S)n(CCOCC(F)(F)F)c(=O)c2c1C. The second-order valence-corrected chi connectivity index (χ2v) is 6.15. The Morgan fingerprint density at radius 2 is 2.05 bits per heavy atom. The van der Waals surface area contributed by atoms with Gasteiger partial charge in [-0.05, 0) is 31.6 Å². The zero-order valence-corrected chi connectivity index (χ0v) is 13.0. The van der Waals surface area contributed by atoms with Crippen molar-refractivity contribution in [3.05, 3.63) is 25.6 Å². The van der Waals surface area contributed by atoms with Crippen molar-refractivity contribution in [2.24, 2.45) is 0 Å². The van der Waals surface area contributed by atoms with E-state index in [-0.39, 0.29) is 23.5 Å². The van der Waals surface area contributed by atoms with E-state index in [1.165, 1.54) is 15.9 Å². The van der Waals surface area contributed by atoms with Gasteiger partial charge in [0.05, 0.1) is 18.5 Å². The Balaban J connectivity index is 2.26. The molecule has 0 bridgehead atoms. The summed E-state index contributed by atoms with van der Waals surface area (Å²) >= 11 is 6.51. The number of H-pyrrole nitrogens is 1. The molecule has 0 aliphatic rings. The third-order valence-corrected chi connectivity index (χ3v) is 4.48. The van der Waals surface area contributed by atoms with E-state index in [1.54, 1.807) is 0 Å². The van der Waals surface area contributed by atoms with Crippen LogP contribution in [0.5, 0.6) is 0 Å². The van der Waals surface area contributed by atoms with Gasteiger partial charge in [-0.15, -0.1) is 11.3 Å². The predicted octanol–water partition coefficient (Wildman–Crippen LogP) is 3.32. The van der Waals surface area contributed by atoms with Crippen LogP contribution in [-0.2, 0) is 11.3 Å². The van der Waals surface area contributed by atoms with Crippen LogP contribution in [0.25, 0.3) is 10.2 Å². The summed E-state index contributed by atoms with van der Waals surface area (Å²) in [7, 11) is 0. The summed E-state index contributed by atoms with van der Waals surface area (Å²) in [6.45, 7) is 2.14. The molecular weight excluding hydrogens is 325 g/mol. The van der Waals surface area contributed by atoms with Crippen molar-refractivity contribution in [1.82, 2.24) is 9.55 Å². The van der Waals surface area contributed by atoms with Crippen molar-refractivity contribution in [2.45, 2.75) is 26.6 Å². The second kappa shape index (κ2) is 5.90. The van der Waals surface area contributed by atoms with Crippen LogP contribution in [0.2, 0.25) is 0 Å². The molecule has 0 amide bonds. The van der Waals surface area contributed by atoms with E-state index in [4.69, 9.17) is 12.2 Å². The lowest BCUT2D eigenvalue weighted by Crippen LogP contribution is -2.26. The molecule has 2 rings (SSSR count). The molecule has 0 aliphatic carbocycles. The van der Waals surface area contributed by atoms with Crippen molar-refractivity contribution in [3.8, 4) is 0 Å². The Bertz CT molecular complexity index is 774. The van der Waals surface area contributed by atoms with E-state index in [2.05, 4.69) is 9.72 Å². The van der Waals surface area contributed by atoms with Gasteiger partial charge in [0.15, 0.2) is 4.77 Å². The fourth-order valence-electron chi connectivity index (χ4n) is 1.91. The number of nitrogens with one attached hydrogen (secondary N) is 1. The highest BCUT2D eigenvalue weighted by molar-refractivity contribution is 7.71. The van der Waals surface area contributed by atoms with Crippen LogP contribution in [0.15, 0.2) is 4.79 Å². The van der Waals surface area contributed by atoms with Crippen molar-refractivity contribution < 1.29 is 17.9 Å². The maximum Gasteiger partial charge on any atom is 0.411 e. The van der Waals surface area contributed by atoms with Crippen LogP contribution in [-0.4, -0.2) is 28.9 Å². The molecule has 0 aromatic carbocycles. The number of aryl methyl sites for hydroxylation is 2. The van der Waals surface area contributed by atoms with E-state index in [1.807, 2.05) is 13.8 Å². The number of aromatic amines is 1. The Morgan fingerprint density at radius 1 is 1.38 bits per heavy atom. The molecule has 0 radical (unpaired) electrons. The topological polar surface area (TPSA) is 47.0 Å². The van der Waals surface area contributed by atoms with E-state index in [0.717, 1.165) is 10.4 Å². The Labute approximate surface area is 127 Å². The number of nitrogens with zero attached hydrogens (tertiary/aromatic N) is 1. The summed E-state index contributed by atoms with van der Waals surface area (Å²) in [5.74, 6) is 0. The van der Waals surface area contributed by atoms with Gasteiger partial charge >= 0.3 is 6.18 Å². The van der Waals surface area contributed by atoms with E-state index >= 15 is 0 Å². The minimum Gasteiger partial charge on any atom is -0.370 e. The maximum atomic E-state index is 12.4. The number of halogens is 3. The highest BCUT2D eigenvalue weighted by Crippen LogP contribution is 2.25. The summed E-state index contributed by atoms with van der Waals surface area (Å²) in [4.78, 5) is 17.0. The lowest BCUT2D eigenvalue weighted by molar-refractivity contribution is -0.174. The Kier molecular flexibility index (Phi) is 4.54. The summed E-state index contributed by atoms with van der Waals surface area (Å²) in [6.07, 6.45) is -4.38. The van der Waals surface area contributed by atoms with Gasteiger partial charge < -0.3 is 9.72 Å². The molecule has 4 nitrogen and oxygen atoms in total. The largest absolute Gasteiger partial charge is 0.411 e. The van der Waals surface area contributed by atoms with Gasteiger partial charge in [0.25, 0.3) is 5.56 Å². The molecule has 2 heterocycles. The first-order chi connectivity index (χ1) is 9.70. The number of thiophene rings is 1. The van der Waals surface area contributed by atoms with Crippen molar-refractivity contribution in [1.29, 1.82) is 0 Å². The monoisotopic (exact) mass is 338 g/mol. The Hall–Kier alpha value is -1.19. The molecule has 0 atom stereocenters. The number of rotatable bonds is 4. The quantitative estimate of drug-likeness (QED) is 0.687. The highest BCUT2D eigenvalue weighted by atomic mass is 32.1. The third kappa shape index (κ3) is 3.53. The molecule has 21 heavy (non-hydrogen) atoms. The van der Waals surface area contributed by atoms with Crippen molar-refractivity contribution >= 4 is 33.8 Å². The van der Waals surface area contributed by atoms with Gasteiger partial charge in [-0.1, -0.05) is 0 Å². The average molecular weight is 338 g/mol. The van der Waals surface area contributed by atoms with Crippen LogP contribution in [0.1, 0.15) is 10.4 Å². The standard InChI is InChI=1S/C12H13F3N2O2S2/c1-6-7(2)21-9-8(6)10(18)17(11(20)16-9)3-4-19-5-12(13,14)15/h3-5H2,1-2H3,(H,16,20). The molecule has 2 aromatic rings. The van der Waals surface area contributed by atoms with Gasteiger partial charge in [-0.3, -0.25) is 9.36 Å². The summed E-state index contributed by atoms with van der Waals surface area (Å²) < 4.78 is 41.9. The summed E-state index contributed by atoms with van der Waals surface area (Å²) in [6, 6.07) is 0. The molecular formula is C12H13F3N2O2S2. The summed E-state index contributed by atoms with van der Waals surface area (Å²) in [5.41, 5.74) is 0.558. The maximum absolute atomic E-state index is 12.4. The average Bonchev–Trinajstić information content (AvgIpc) is 2.62. The molecule has 9 heteroatoms. The normalized spacial score (nSPS) is 12.2. The lowest BCUT2D eigenvalue weighted by Gasteiger charge is -2.09. The summed E-state index contributed by atoms with van der Waals surface area (Å²) in [5, 5.41) is 0.530. The van der Waals surface area contributed by atoms with Gasteiger partial charge in [0.2, 0.25) is 0 Å². The Morgan fingerprint density at radius 3 is 2.67 bits per heavy atom. The predicted molar refractivity (Wildman–Crippen MR) is 77.6 cm³/mol. The van der Waals surface area contributed by atoms with Crippen LogP contribution in [0.3, 0.4) is 0 Å². The number of hydrogen-bond acceptors (Lipinski definition) is 4. The van der Waals surface area contributed by atoms with Crippen LogP contribution in [0.4, 0.5) is 13.2 Å². The van der Waals surface area contributed by atoms with E-state index in [0.29, 0.717) is 10.2 Å². The molecule has 2 aromatic heterocycles. The number of alkyl halides is 3. The zero-order valence-electron chi connectivity index (χ0n) is 11.3.